The van der Waals surface area contributed by atoms with E-state index in [0.29, 0.717) is 23.5 Å². The number of ether oxygens (including phenoxy) is 3. The predicted molar refractivity (Wildman–Crippen MR) is 120 cm³/mol. The lowest BCUT2D eigenvalue weighted by atomic mass is 10.2. The molecule has 3 aromatic rings. The second-order valence-electron chi connectivity index (χ2n) is 6.79. The van der Waals surface area contributed by atoms with E-state index >= 15 is 0 Å². The van der Waals surface area contributed by atoms with Crippen LogP contribution in [0.2, 0.25) is 0 Å². The number of nitrogens with zero attached hydrogens (tertiary/aromatic N) is 1. The van der Waals surface area contributed by atoms with E-state index in [2.05, 4.69) is 11.9 Å². The van der Waals surface area contributed by atoms with Crippen LogP contribution in [0.25, 0.3) is 0 Å². The van der Waals surface area contributed by atoms with E-state index in [1.54, 1.807) is 61.9 Å². The fraction of sp³-hybridized carbons (Fsp3) is 0.200. The molecule has 0 aliphatic carbocycles. The molecule has 0 fully saturated rings. The predicted octanol–water partition coefficient (Wildman–Crippen LogP) is 5.55. The first-order valence-corrected chi connectivity index (χ1v) is 10.0. The van der Waals surface area contributed by atoms with Gasteiger partial charge < -0.3 is 19.3 Å². The maximum atomic E-state index is 12.4. The summed E-state index contributed by atoms with van der Waals surface area (Å²) in [6, 6.07) is 18.6. The number of esters is 1. The highest BCUT2D eigenvalue weighted by molar-refractivity contribution is 5.91. The van der Waals surface area contributed by atoms with Gasteiger partial charge in [-0.2, -0.15) is 0 Å². The number of methoxy groups -OCH3 is 1. The Morgan fingerprint density at radius 2 is 1.65 bits per heavy atom. The summed E-state index contributed by atoms with van der Waals surface area (Å²) in [5.41, 5.74) is 1.62. The van der Waals surface area contributed by atoms with Crippen LogP contribution in [0.1, 0.15) is 35.7 Å². The summed E-state index contributed by atoms with van der Waals surface area (Å²) in [6.45, 7) is 2.74. The third-order valence-corrected chi connectivity index (χ3v) is 4.49. The SMILES string of the molecule is CCCCOc1ccc(C(=O)Oc2ccc(C=Nc3ccc(OC)cc3)c(O)c2)cc1. The monoisotopic (exact) mass is 419 g/mol. The minimum atomic E-state index is -0.515. The summed E-state index contributed by atoms with van der Waals surface area (Å²) in [5, 5.41) is 10.3. The number of unbranched alkanes of at least 4 members (excludes halogenated alkanes) is 1. The normalized spacial score (nSPS) is 10.8. The van der Waals surface area contributed by atoms with Gasteiger partial charge >= 0.3 is 5.97 Å². The Balaban J connectivity index is 1.61. The molecule has 0 amide bonds. The first-order valence-electron chi connectivity index (χ1n) is 10.0. The largest absolute Gasteiger partial charge is 0.507 e. The summed E-state index contributed by atoms with van der Waals surface area (Å²) in [7, 11) is 1.60. The Hall–Kier alpha value is -3.80. The van der Waals surface area contributed by atoms with E-state index in [-0.39, 0.29) is 11.5 Å². The van der Waals surface area contributed by atoms with E-state index in [1.807, 2.05) is 12.1 Å². The molecule has 6 nitrogen and oxygen atoms in total. The third-order valence-electron chi connectivity index (χ3n) is 4.49. The zero-order valence-corrected chi connectivity index (χ0v) is 17.6. The molecule has 0 saturated heterocycles. The van der Waals surface area contributed by atoms with Crippen molar-refractivity contribution in [1.82, 2.24) is 0 Å². The minimum Gasteiger partial charge on any atom is -0.507 e. The van der Waals surface area contributed by atoms with E-state index in [0.717, 1.165) is 24.3 Å². The molecule has 1 N–H and O–H groups in total. The number of phenolic OH excluding ortho intramolecular Hbond substituents is 1. The number of hydrogen-bond donors (Lipinski definition) is 1. The van der Waals surface area contributed by atoms with Gasteiger partial charge in [0.15, 0.2) is 0 Å². The molecule has 0 saturated carbocycles. The van der Waals surface area contributed by atoms with Crippen molar-refractivity contribution in [3.8, 4) is 23.0 Å². The molecule has 0 atom stereocenters. The molecular weight excluding hydrogens is 394 g/mol. The quantitative estimate of drug-likeness (QED) is 0.213. The van der Waals surface area contributed by atoms with E-state index in [9.17, 15) is 9.90 Å². The van der Waals surface area contributed by atoms with E-state index in [4.69, 9.17) is 14.2 Å². The Morgan fingerprint density at radius 3 is 2.29 bits per heavy atom. The van der Waals surface area contributed by atoms with Crippen molar-refractivity contribution in [3.63, 3.8) is 0 Å². The average Bonchev–Trinajstić information content (AvgIpc) is 2.79. The molecule has 31 heavy (non-hydrogen) atoms. The fourth-order valence-corrected chi connectivity index (χ4v) is 2.70. The zero-order valence-electron chi connectivity index (χ0n) is 17.6. The summed E-state index contributed by atoms with van der Waals surface area (Å²) >= 11 is 0. The lowest BCUT2D eigenvalue weighted by Gasteiger charge is -2.08. The van der Waals surface area contributed by atoms with Crippen LogP contribution in [0.15, 0.2) is 71.7 Å². The molecule has 0 heterocycles. The van der Waals surface area contributed by atoms with Gasteiger partial charge in [-0.25, -0.2) is 4.79 Å². The summed E-state index contributed by atoms with van der Waals surface area (Å²) < 4.78 is 16.1. The van der Waals surface area contributed by atoms with Crippen LogP contribution in [-0.4, -0.2) is 31.0 Å². The van der Waals surface area contributed by atoms with Gasteiger partial charge in [0.25, 0.3) is 0 Å². The lowest BCUT2D eigenvalue weighted by Crippen LogP contribution is -2.08. The Kier molecular flexibility index (Phi) is 7.65. The van der Waals surface area contributed by atoms with Crippen molar-refractivity contribution in [1.29, 1.82) is 0 Å². The number of hydrogen-bond acceptors (Lipinski definition) is 6. The molecule has 3 rings (SSSR count). The van der Waals surface area contributed by atoms with E-state index < -0.39 is 5.97 Å². The smallest absolute Gasteiger partial charge is 0.343 e. The minimum absolute atomic E-state index is 0.0396. The van der Waals surface area contributed by atoms with Crippen molar-refractivity contribution >= 4 is 17.9 Å². The van der Waals surface area contributed by atoms with Gasteiger partial charge in [-0.05, 0) is 67.1 Å². The van der Waals surface area contributed by atoms with Crippen LogP contribution in [-0.2, 0) is 0 Å². The first-order chi connectivity index (χ1) is 15.1. The highest BCUT2D eigenvalue weighted by Crippen LogP contribution is 2.25. The molecule has 0 bridgehead atoms. The van der Waals surface area contributed by atoms with Gasteiger partial charge in [-0.3, -0.25) is 4.99 Å². The number of carbonyl (C=O) groups excluding carboxylic acids is 1. The van der Waals surface area contributed by atoms with Crippen molar-refractivity contribution in [3.05, 3.63) is 77.9 Å². The van der Waals surface area contributed by atoms with Crippen LogP contribution in [0.3, 0.4) is 0 Å². The molecule has 6 heteroatoms. The van der Waals surface area contributed by atoms with Crippen molar-refractivity contribution in [2.45, 2.75) is 19.8 Å². The van der Waals surface area contributed by atoms with Crippen LogP contribution >= 0.6 is 0 Å². The number of carbonyl (C=O) groups is 1. The summed E-state index contributed by atoms with van der Waals surface area (Å²) in [4.78, 5) is 16.7. The number of benzene rings is 3. The molecule has 0 spiro atoms. The van der Waals surface area contributed by atoms with E-state index in [1.165, 1.54) is 6.07 Å². The van der Waals surface area contributed by atoms with Gasteiger partial charge in [0.2, 0.25) is 0 Å². The van der Waals surface area contributed by atoms with Crippen molar-refractivity contribution in [2.24, 2.45) is 4.99 Å². The van der Waals surface area contributed by atoms with Crippen LogP contribution < -0.4 is 14.2 Å². The van der Waals surface area contributed by atoms with Gasteiger partial charge in [-0.1, -0.05) is 13.3 Å². The van der Waals surface area contributed by atoms with Crippen molar-refractivity contribution in [2.75, 3.05) is 13.7 Å². The van der Waals surface area contributed by atoms with Gasteiger partial charge in [0.1, 0.15) is 23.0 Å². The van der Waals surface area contributed by atoms with Crippen LogP contribution in [0, 0.1) is 0 Å². The summed E-state index contributed by atoms with van der Waals surface area (Å²) in [5.74, 6) is 1.14. The van der Waals surface area contributed by atoms with Gasteiger partial charge in [-0.15, -0.1) is 0 Å². The molecular formula is C25H25NO5. The average molecular weight is 419 g/mol. The van der Waals surface area contributed by atoms with Crippen LogP contribution in [0.5, 0.6) is 23.0 Å². The second-order valence-corrected chi connectivity index (χ2v) is 6.79. The lowest BCUT2D eigenvalue weighted by molar-refractivity contribution is 0.0734. The molecule has 0 aliphatic rings. The molecule has 3 aromatic carbocycles. The highest BCUT2D eigenvalue weighted by Gasteiger charge is 2.10. The number of phenols is 1. The third kappa shape index (κ3) is 6.34. The zero-order chi connectivity index (χ0) is 22.1. The number of aromatic hydroxyl groups is 1. The summed E-state index contributed by atoms with van der Waals surface area (Å²) in [6.07, 6.45) is 3.58. The highest BCUT2D eigenvalue weighted by atomic mass is 16.5. The molecule has 0 radical (unpaired) electrons. The fourth-order valence-electron chi connectivity index (χ4n) is 2.70. The Bertz CT molecular complexity index is 1030. The number of aliphatic imine (C=N–C) groups is 1. The van der Waals surface area contributed by atoms with Gasteiger partial charge in [0, 0.05) is 17.8 Å². The van der Waals surface area contributed by atoms with Crippen molar-refractivity contribution < 1.29 is 24.1 Å². The molecule has 160 valence electrons. The molecule has 0 unspecified atom stereocenters. The standard InChI is InChI=1S/C25H25NO5/c1-3-4-15-30-22-10-5-18(6-11-22)25(28)31-23-12-7-19(24(27)16-23)17-26-20-8-13-21(29-2)14-9-20/h5-14,16-17,27H,3-4,15H2,1-2H3. The second kappa shape index (κ2) is 10.8. The Labute approximate surface area is 181 Å². The molecule has 0 aromatic heterocycles. The molecule has 0 aliphatic heterocycles. The Morgan fingerprint density at radius 1 is 0.968 bits per heavy atom. The number of rotatable bonds is 9. The van der Waals surface area contributed by atoms with Gasteiger partial charge in [0.05, 0.1) is 25.0 Å². The first kappa shape index (κ1) is 21.9. The maximum absolute atomic E-state index is 12.4. The maximum Gasteiger partial charge on any atom is 0.343 e. The topological polar surface area (TPSA) is 77.4 Å². The van der Waals surface area contributed by atoms with Crippen LogP contribution in [0.4, 0.5) is 5.69 Å².